The molecule has 1 heterocycles. The summed E-state index contributed by atoms with van der Waals surface area (Å²) in [4.78, 5) is 26.2. The average Bonchev–Trinajstić information content (AvgIpc) is 2.97. The minimum absolute atomic E-state index is 0.216. The second kappa shape index (κ2) is 7.35. The van der Waals surface area contributed by atoms with Gasteiger partial charge in [0.1, 0.15) is 11.6 Å². The van der Waals surface area contributed by atoms with E-state index in [4.69, 9.17) is 10.00 Å². The maximum absolute atomic E-state index is 12.5. The van der Waals surface area contributed by atoms with Gasteiger partial charge in [-0.2, -0.15) is 5.26 Å². The Morgan fingerprint density at radius 1 is 1.33 bits per heavy atom. The molecule has 6 heteroatoms. The molecule has 0 spiro atoms. The third-order valence-electron chi connectivity index (χ3n) is 3.69. The fraction of sp³-hybridized carbons (Fsp3) is 0.500. The number of anilines is 1. The second-order valence-corrected chi connectivity index (χ2v) is 6.85. The number of likely N-dealkylation sites (tertiary alicyclic amines) is 1. The number of carbonyl (C=O) groups excluding carboxylic acids is 2. The smallest absolute Gasteiger partial charge is 0.410 e. The molecule has 1 aromatic rings. The minimum Gasteiger partial charge on any atom is -0.444 e. The summed E-state index contributed by atoms with van der Waals surface area (Å²) in [5.41, 5.74) is 0.960. The van der Waals surface area contributed by atoms with E-state index in [1.165, 1.54) is 4.90 Å². The van der Waals surface area contributed by atoms with Crippen LogP contribution in [0, 0.1) is 11.3 Å². The Morgan fingerprint density at radius 3 is 2.58 bits per heavy atom. The number of ether oxygens (including phenoxy) is 1. The largest absolute Gasteiger partial charge is 0.444 e. The predicted octanol–water partition coefficient (Wildman–Crippen LogP) is 3.09. The lowest BCUT2D eigenvalue weighted by Gasteiger charge is -2.28. The molecular weight excluding hydrogens is 306 g/mol. The Bertz CT molecular complexity index is 641. The number of amides is 2. The van der Waals surface area contributed by atoms with E-state index in [0.717, 1.165) is 12.0 Å². The SMILES string of the molecule is CC(C)(C)OC(=O)N1CCCC1C(=O)Nc1ccc(CC#N)cc1. The number of nitrogens with one attached hydrogen (secondary N) is 1. The maximum atomic E-state index is 12.5. The van der Waals surface area contributed by atoms with Crippen molar-refractivity contribution in [2.75, 3.05) is 11.9 Å². The number of hydrogen-bond donors (Lipinski definition) is 1. The summed E-state index contributed by atoms with van der Waals surface area (Å²) in [7, 11) is 0. The van der Waals surface area contributed by atoms with E-state index >= 15 is 0 Å². The first-order valence-electron chi connectivity index (χ1n) is 8.06. The molecule has 1 saturated heterocycles. The van der Waals surface area contributed by atoms with Crippen LogP contribution in [0.25, 0.3) is 0 Å². The fourth-order valence-corrected chi connectivity index (χ4v) is 2.60. The zero-order chi connectivity index (χ0) is 17.7. The van der Waals surface area contributed by atoms with Gasteiger partial charge >= 0.3 is 6.09 Å². The van der Waals surface area contributed by atoms with Gasteiger partial charge in [-0.3, -0.25) is 9.69 Å². The molecule has 0 aliphatic carbocycles. The van der Waals surface area contributed by atoms with Crippen molar-refractivity contribution >= 4 is 17.7 Å². The summed E-state index contributed by atoms with van der Waals surface area (Å²) >= 11 is 0. The van der Waals surface area contributed by atoms with Gasteiger partial charge in [-0.15, -0.1) is 0 Å². The van der Waals surface area contributed by atoms with E-state index in [1.807, 2.05) is 0 Å². The highest BCUT2D eigenvalue weighted by molar-refractivity contribution is 5.96. The van der Waals surface area contributed by atoms with Crippen molar-refractivity contribution in [3.05, 3.63) is 29.8 Å². The molecule has 24 heavy (non-hydrogen) atoms. The number of nitrogens with zero attached hydrogens (tertiary/aromatic N) is 2. The van der Waals surface area contributed by atoms with Crippen molar-refractivity contribution in [1.82, 2.24) is 4.90 Å². The van der Waals surface area contributed by atoms with Gasteiger partial charge in [0, 0.05) is 12.2 Å². The molecule has 2 rings (SSSR count). The van der Waals surface area contributed by atoms with Crippen LogP contribution in [0.15, 0.2) is 24.3 Å². The molecule has 1 fully saturated rings. The molecule has 6 nitrogen and oxygen atoms in total. The highest BCUT2D eigenvalue weighted by Gasteiger charge is 2.36. The van der Waals surface area contributed by atoms with Gasteiger partial charge in [0.15, 0.2) is 0 Å². The quantitative estimate of drug-likeness (QED) is 0.924. The van der Waals surface area contributed by atoms with Crippen molar-refractivity contribution in [2.45, 2.75) is 51.7 Å². The molecule has 1 atom stereocenters. The molecule has 0 bridgehead atoms. The predicted molar refractivity (Wildman–Crippen MR) is 90.4 cm³/mol. The third kappa shape index (κ3) is 4.72. The third-order valence-corrected chi connectivity index (χ3v) is 3.69. The minimum atomic E-state index is -0.586. The van der Waals surface area contributed by atoms with E-state index in [2.05, 4.69) is 11.4 Å². The first-order chi connectivity index (χ1) is 11.3. The van der Waals surface area contributed by atoms with Crippen LogP contribution in [0.1, 0.15) is 39.2 Å². The Labute approximate surface area is 142 Å². The van der Waals surface area contributed by atoms with Crippen molar-refractivity contribution in [1.29, 1.82) is 5.26 Å². The van der Waals surface area contributed by atoms with Crippen LogP contribution in [-0.2, 0) is 16.0 Å². The lowest BCUT2D eigenvalue weighted by Crippen LogP contribution is -2.45. The fourth-order valence-electron chi connectivity index (χ4n) is 2.60. The van der Waals surface area contributed by atoms with Crippen LogP contribution in [0.2, 0.25) is 0 Å². The summed E-state index contributed by atoms with van der Waals surface area (Å²) < 4.78 is 5.37. The van der Waals surface area contributed by atoms with Crippen LogP contribution in [0.5, 0.6) is 0 Å². The van der Waals surface area contributed by atoms with E-state index in [0.29, 0.717) is 25.1 Å². The van der Waals surface area contributed by atoms with E-state index in [1.54, 1.807) is 45.0 Å². The molecule has 0 saturated carbocycles. The Hall–Kier alpha value is -2.55. The summed E-state index contributed by atoms with van der Waals surface area (Å²) in [5, 5.41) is 11.5. The van der Waals surface area contributed by atoms with Crippen molar-refractivity contribution < 1.29 is 14.3 Å². The zero-order valence-electron chi connectivity index (χ0n) is 14.3. The van der Waals surface area contributed by atoms with E-state index in [9.17, 15) is 9.59 Å². The summed E-state index contributed by atoms with van der Waals surface area (Å²) in [5.74, 6) is -0.216. The summed E-state index contributed by atoms with van der Waals surface area (Å²) in [6, 6.07) is 8.70. The molecule has 1 aromatic carbocycles. The summed E-state index contributed by atoms with van der Waals surface area (Å²) in [6.45, 7) is 5.94. The van der Waals surface area contributed by atoms with Crippen molar-refractivity contribution in [3.63, 3.8) is 0 Å². The summed E-state index contributed by atoms with van der Waals surface area (Å²) in [6.07, 6.45) is 1.28. The van der Waals surface area contributed by atoms with Crippen molar-refractivity contribution in [3.8, 4) is 6.07 Å². The Morgan fingerprint density at radius 2 is 2.00 bits per heavy atom. The normalized spacial score (nSPS) is 17.2. The van der Waals surface area contributed by atoms with Gasteiger partial charge < -0.3 is 10.1 Å². The highest BCUT2D eigenvalue weighted by atomic mass is 16.6. The van der Waals surface area contributed by atoms with E-state index < -0.39 is 17.7 Å². The Balaban J connectivity index is 2.00. The lowest BCUT2D eigenvalue weighted by molar-refractivity contribution is -0.120. The zero-order valence-corrected chi connectivity index (χ0v) is 14.3. The average molecular weight is 329 g/mol. The van der Waals surface area contributed by atoms with Gasteiger partial charge in [-0.25, -0.2) is 4.79 Å². The standard InChI is InChI=1S/C18H23N3O3/c1-18(2,3)24-17(23)21-12-4-5-15(21)16(22)20-14-8-6-13(7-9-14)10-11-19/h6-9,15H,4-5,10,12H2,1-3H3,(H,20,22). The highest BCUT2D eigenvalue weighted by Crippen LogP contribution is 2.22. The maximum Gasteiger partial charge on any atom is 0.410 e. The molecule has 1 N–H and O–H groups in total. The molecule has 128 valence electrons. The van der Waals surface area contributed by atoms with Crippen LogP contribution < -0.4 is 5.32 Å². The molecule has 0 aromatic heterocycles. The van der Waals surface area contributed by atoms with Crippen LogP contribution in [-0.4, -0.2) is 35.1 Å². The molecule has 1 unspecified atom stereocenters. The number of carbonyl (C=O) groups is 2. The molecule has 1 aliphatic rings. The molecule has 2 amide bonds. The number of hydrogen-bond acceptors (Lipinski definition) is 4. The van der Waals surface area contributed by atoms with E-state index in [-0.39, 0.29) is 5.91 Å². The van der Waals surface area contributed by atoms with Crippen LogP contribution in [0.4, 0.5) is 10.5 Å². The molecule has 1 aliphatic heterocycles. The molecular formula is C18H23N3O3. The molecule has 0 radical (unpaired) electrons. The second-order valence-electron chi connectivity index (χ2n) is 6.85. The number of rotatable bonds is 3. The topological polar surface area (TPSA) is 82.4 Å². The number of nitriles is 1. The van der Waals surface area contributed by atoms with Gasteiger partial charge in [0.25, 0.3) is 0 Å². The van der Waals surface area contributed by atoms with Crippen LogP contribution in [0.3, 0.4) is 0 Å². The monoisotopic (exact) mass is 329 g/mol. The first-order valence-corrected chi connectivity index (χ1v) is 8.06. The van der Waals surface area contributed by atoms with Gasteiger partial charge in [-0.1, -0.05) is 12.1 Å². The lowest BCUT2D eigenvalue weighted by atomic mass is 10.1. The van der Waals surface area contributed by atoms with Gasteiger partial charge in [0.2, 0.25) is 5.91 Å². The van der Waals surface area contributed by atoms with Crippen molar-refractivity contribution in [2.24, 2.45) is 0 Å². The number of benzene rings is 1. The first kappa shape index (κ1) is 17.8. The van der Waals surface area contributed by atoms with Gasteiger partial charge in [0.05, 0.1) is 12.5 Å². The van der Waals surface area contributed by atoms with Crippen LogP contribution >= 0.6 is 0 Å². The van der Waals surface area contributed by atoms with Gasteiger partial charge in [-0.05, 0) is 51.3 Å². The Kier molecular flexibility index (Phi) is 5.45.